The smallest absolute Gasteiger partial charge is 0.315 e. The van der Waals surface area contributed by atoms with Crippen LogP contribution in [0.15, 0.2) is 41.3 Å². The number of fused-ring (bicyclic) bond motifs is 1. The average Bonchev–Trinajstić information content (AvgIpc) is 3.54. The Morgan fingerprint density at radius 1 is 1.09 bits per heavy atom. The Kier molecular flexibility index (Phi) is 11.6. The fourth-order valence-corrected chi connectivity index (χ4v) is 8.50. The van der Waals surface area contributed by atoms with Gasteiger partial charge in [-0.25, -0.2) is 13.2 Å². The maximum absolute atomic E-state index is 13.9. The minimum Gasteiger partial charge on any atom is -0.495 e. The average molecular weight is 655 g/mol. The number of thioether (sulfide) groups is 1. The third-order valence-corrected chi connectivity index (χ3v) is 11.0. The minimum atomic E-state index is -4.04. The molecule has 2 heterocycles. The van der Waals surface area contributed by atoms with Crippen molar-refractivity contribution < 1.29 is 32.2 Å². The summed E-state index contributed by atoms with van der Waals surface area (Å²) in [7, 11) is -1.15. The fraction of sp³-hybridized carbons (Fsp3) is 0.517. The van der Waals surface area contributed by atoms with Gasteiger partial charge >= 0.3 is 6.03 Å². The number of benzene rings is 2. The molecule has 3 atom stereocenters. The molecule has 3 N–H and O–H groups in total. The molecule has 236 valence electrons. The molecule has 2 aromatic carbocycles. The lowest BCUT2D eigenvalue weighted by atomic mass is 10.0. The summed E-state index contributed by atoms with van der Waals surface area (Å²) in [5.41, 5.74) is 0.268. The van der Waals surface area contributed by atoms with Gasteiger partial charge in [-0.2, -0.15) is 11.8 Å². The van der Waals surface area contributed by atoms with Gasteiger partial charge in [-0.15, -0.1) is 0 Å². The van der Waals surface area contributed by atoms with Crippen LogP contribution >= 0.6 is 23.4 Å². The van der Waals surface area contributed by atoms with Gasteiger partial charge in [0.15, 0.2) is 0 Å². The van der Waals surface area contributed by atoms with E-state index in [2.05, 4.69) is 16.0 Å². The van der Waals surface area contributed by atoms with E-state index in [9.17, 15) is 18.0 Å². The SMILES string of the molecule is CCOc1ccc(S(=O)(=O)N(CCCNC(=O)CCCC[C@H]2SC[C@H]3NC(=O)N[C@H]32)c2cc(OC)c(Cl)cc2OC)cc1. The maximum Gasteiger partial charge on any atom is 0.315 e. The highest BCUT2D eigenvalue weighted by Crippen LogP contribution is 2.40. The number of hydrogen-bond donors (Lipinski definition) is 3. The Hall–Kier alpha value is -3.03. The predicted octanol–water partition coefficient (Wildman–Crippen LogP) is 4.18. The summed E-state index contributed by atoms with van der Waals surface area (Å²) in [5, 5.41) is 9.48. The number of halogens is 1. The third-order valence-electron chi connectivity index (χ3n) is 7.39. The van der Waals surface area contributed by atoms with Crippen LogP contribution in [-0.4, -0.2) is 77.4 Å². The molecule has 0 bridgehead atoms. The summed E-state index contributed by atoms with van der Waals surface area (Å²) in [4.78, 5) is 24.2. The van der Waals surface area contributed by atoms with Crippen molar-refractivity contribution in [3.05, 3.63) is 41.4 Å². The van der Waals surface area contributed by atoms with Crippen LogP contribution in [0.2, 0.25) is 5.02 Å². The lowest BCUT2D eigenvalue weighted by Gasteiger charge is -2.27. The third kappa shape index (κ3) is 8.12. The molecule has 0 saturated carbocycles. The zero-order chi connectivity index (χ0) is 31.0. The first-order chi connectivity index (χ1) is 20.7. The van der Waals surface area contributed by atoms with Gasteiger partial charge in [0, 0.05) is 42.6 Å². The molecule has 2 aliphatic rings. The monoisotopic (exact) mass is 654 g/mol. The Balaban J connectivity index is 1.35. The normalized spacial score (nSPS) is 19.3. The molecule has 0 spiro atoms. The largest absolute Gasteiger partial charge is 0.495 e. The van der Waals surface area contributed by atoms with Crippen LogP contribution in [0.3, 0.4) is 0 Å². The van der Waals surface area contributed by atoms with Crippen molar-refractivity contribution in [3.8, 4) is 17.2 Å². The van der Waals surface area contributed by atoms with E-state index in [0.717, 1.165) is 25.0 Å². The van der Waals surface area contributed by atoms with Gasteiger partial charge in [0.2, 0.25) is 5.91 Å². The minimum absolute atomic E-state index is 0.0676. The number of methoxy groups -OCH3 is 2. The molecule has 2 aliphatic heterocycles. The molecule has 0 aliphatic carbocycles. The number of urea groups is 1. The van der Waals surface area contributed by atoms with Crippen LogP contribution in [0.4, 0.5) is 10.5 Å². The second kappa shape index (κ2) is 15.1. The van der Waals surface area contributed by atoms with Crippen LogP contribution in [0.1, 0.15) is 39.0 Å². The van der Waals surface area contributed by atoms with Gasteiger partial charge < -0.3 is 30.2 Å². The van der Waals surface area contributed by atoms with Crippen molar-refractivity contribution >= 4 is 51.0 Å². The Bertz CT molecular complexity index is 1380. The molecule has 2 saturated heterocycles. The molecule has 43 heavy (non-hydrogen) atoms. The van der Waals surface area contributed by atoms with Crippen molar-refractivity contribution in [2.75, 3.05) is 44.0 Å². The van der Waals surface area contributed by atoms with E-state index in [1.807, 2.05) is 18.7 Å². The number of carbonyl (C=O) groups excluding carboxylic acids is 2. The van der Waals surface area contributed by atoms with Crippen molar-refractivity contribution in [3.63, 3.8) is 0 Å². The fourth-order valence-electron chi connectivity index (χ4n) is 5.22. The summed E-state index contributed by atoms with van der Waals surface area (Å²) in [6, 6.07) is 9.51. The second-order valence-electron chi connectivity index (χ2n) is 10.2. The first-order valence-electron chi connectivity index (χ1n) is 14.3. The van der Waals surface area contributed by atoms with E-state index in [0.29, 0.717) is 42.7 Å². The number of unbranched alkanes of at least 4 members (excludes halogenated alkanes) is 1. The summed E-state index contributed by atoms with van der Waals surface area (Å²) in [5.74, 6) is 1.96. The Morgan fingerprint density at radius 3 is 2.53 bits per heavy atom. The molecule has 0 aromatic heterocycles. The van der Waals surface area contributed by atoms with Crippen molar-refractivity contribution in [1.29, 1.82) is 0 Å². The summed E-state index contributed by atoms with van der Waals surface area (Å²) < 4.78 is 45.3. The van der Waals surface area contributed by atoms with Crippen LogP contribution in [0, 0.1) is 0 Å². The van der Waals surface area contributed by atoms with E-state index in [1.54, 1.807) is 12.1 Å². The number of nitrogens with zero attached hydrogens (tertiary/aromatic N) is 1. The van der Waals surface area contributed by atoms with Gasteiger partial charge in [0.25, 0.3) is 10.0 Å². The van der Waals surface area contributed by atoms with Crippen molar-refractivity contribution in [1.82, 2.24) is 16.0 Å². The van der Waals surface area contributed by atoms with Crippen molar-refractivity contribution in [2.45, 2.75) is 61.3 Å². The van der Waals surface area contributed by atoms with E-state index in [1.165, 1.54) is 42.8 Å². The highest BCUT2D eigenvalue weighted by molar-refractivity contribution is 8.00. The summed E-state index contributed by atoms with van der Waals surface area (Å²) in [6.07, 6.45) is 3.29. The zero-order valence-electron chi connectivity index (χ0n) is 24.6. The number of sulfonamides is 1. The molecule has 14 heteroatoms. The van der Waals surface area contributed by atoms with Crippen LogP contribution in [0.5, 0.6) is 17.2 Å². The maximum atomic E-state index is 13.9. The lowest BCUT2D eigenvalue weighted by Crippen LogP contribution is -2.36. The molecular formula is C29H39ClN4O7S2. The molecule has 2 aromatic rings. The number of ether oxygens (including phenoxy) is 3. The van der Waals surface area contributed by atoms with Crippen LogP contribution in [0.25, 0.3) is 0 Å². The summed E-state index contributed by atoms with van der Waals surface area (Å²) >= 11 is 8.15. The number of carbonyl (C=O) groups is 2. The predicted molar refractivity (Wildman–Crippen MR) is 168 cm³/mol. The second-order valence-corrected chi connectivity index (χ2v) is 13.8. The van der Waals surface area contributed by atoms with E-state index in [4.69, 9.17) is 25.8 Å². The van der Waals surface area contributed by atoms with Crippen LogP contribution in [-0.2, 0) is 14.8 Å². The molecule has 11 nitrogen and oxygen atoms in total. The van der Waals surface area contributed by atoms with E-state index < -0.39 is 10.0 Å². The number of amides is 3. The quantitative estimate of drug-likeness (QED) is 0.181. The number of nitrogens with one attached hydrogen (secondary N) is 3. The zero-order valence-corrected chi connectivity index (χ0v) is 26.9. The first-order valence-corrected chi connectivity index (χ1v) is 17.2. The van der Waals surface area contributed by atoms with Gasteiger partial charge in [0.1, 0.15) is 17.2 Å². The van der Waals surface area contributed by atoms with E-state index >= 15 is 0 Å². The molecular weight excluding hydrogens is 616 g/mol. The highest BCUT2D eigenvalue weighted by atomic mass is 35.5. The Labute approximate surface area is 262 Å². The molecule has 3 amide bonds. The number of hydrogen-bond acceptors (Lipinski definition) is 8. The number of rotatable bonds is 16. The molecule has 4 rings (SSSR count). The highest BCUT2D eigenvalue weighted by Gasteiger charge is 2.42. The van der Waals surface area contributed by atoms with Crippen molar-refractivity contribution in [2.24, 2.45) is 0 Å². The first kappa shape index (κ1) is 32.9. The molecule has 0 unspecified atom stereocenters. The van der Waals surface area contributed by atoms with E-state index in [-0.39, 0.29) is 51.9 Å². The standard InChI is InChI=1S/C29H39ClN4O7S2/c1-4-41-19-10-12-20(13-11-19)43(37,38)34(23-17-24(39-2)21(30)16-25(23)40-3)15-7-14-31-27(35)9-6-5-8-26-28-22(18-42-26)32-29(36)33-28/h10-13,16-17,22,26,28H,4-9,14-15,18H2,1-3H3,(H,31,35)(H2,32,33,36)/t22-,26-,28-/m1/s1. The molecule has 2 fully saturated rings. The van der Waals surface area contributed by atoms with Gasteiger partial charge in [-0.3, -0.25) is 9.10 Å². The van der Waals surface area contributed by atoms with Gasteiger partial charge in [-0.05, 0) is 50.5 Å². The lowest BCUT2D eigenvalue weighted by molar-refractivity contribution is -0.121. The van der Waals surface area contributed by atoms with Gasteiger partial charge in [-0.1, -0.05) is 18.0 Å². The molecule has 0 radical (unpaired) electrons. The summed E-state index contributed by atoms with van der Waals surface area (Å²) in [6.45, 7) is 2.67. The van der Waals surface area contributed by atoms with Crippen LogP contribution < -0.4 is 34.5 Å². The Morgan fingerprint density at radius 2 is 1.84 bits per heavy atom. The topological polar surface area (TPSA) is 135 Å². The number of anilines is 1. The van der Waals surface area contributed by atoms with Gasteiger partial charge in [0.05, 0.1) is 48.5 Å².